The summed E-state index contributed by atoms with van der Waals surface area (Å²) in [5, 5.41) is 0.728. The fourth-order valence-corrected chi connectivity index (χ4v) is 4.46. The van der Waals surface area contributed by atoms with Crippen molar-refractivity contribution in [2.45, 2.75) is 27.3 Å². The maximum Gasteiger partial charge on any atom is 0.194 e. The average Bonchev–Trinajstić information content (AvgIpc) is 2.77. The van der Waals surface area contributed by atoms with Gasteiger partial charge in [0.05, 0.1) is 12.6 Å². The number of methoxy groups -OCH3 is 1. The predicted molar refractivity (Wildman–Crippen MR) is 124 cm³/mol. The number of ether oxygens (including phenoxy) is 1. The molecule has 0 bridgehead atoms. The molecule has 0 amide bonds. The number of rotatable bonds is 4. The van der Waals surface area contributed by atoms with E-state index in [9.17, 15) is 4.79 Å². The van der Waals surface area contributed by atoms with Gasteiger partial charge < -0.3 is 14.2 Å². The standard InChI is InChI=1S/C25H31N3O2/c1-17-7-6-8-23(18(17)2)28-13-11-27(12-14-28)16-22-19(3)26(4)24-10-9-20(30-5)15-21(24)25(22)29/h6-10,15H,11-14,16H2,1-5H3. The van der Waals surface area contributed by atoms with Gasteiger partial charge in [-0.2, -0.15) is 0 Å². The molecule has 158 valence electrons. The highest BCUT2D eigenvalue weighted by Gasteiger charge is 2.21. The minimum atomic E-state index is 0.122. The molecule has 0 aliphatic carbocycles. The summed E-state index contributed by atoms with van der Waals surface area (Å²) in [6.07, 6.45) is 0. The van der Waals surface area contributed by atoms with Crippen molar-refractivity contribution in [3.63, 3.8) is 0 Å². The van der Waals surface area contributed by atoms with Gasteiger partial charge in [-0.25, -0.2) is 0 Å². The first-order valence-electron chi connectivity index (χ1n) is 10.6. The Morgan fingerprint density at radius 1 is 1.00 bits per heavy atom. The first-order valence-corrected chi connectivity index (χ1v) is 10.6. The van der Waals surface area contributed by atoms with Gasteiger partial charge in [0.1, 0.15) is 5.75 Å². The summed E-state index contributed by atoms with van der Waals surface area (Å²) in [6, 6.07) is 12.3. The Bertz CT molecular complexity index is 1140. The molecule has 3 aromatic rings. The summed E-state index contributed by atoms with van der Waals surface area (Å²) < 4.78 is 7.47. The topological polar surface area (TPSA) is 37.7 Å². The molecule has 0 spiro atoms. The van der Waals surface area contributed by atoms with Crippen LogP contribution in [0.4, 0.5) is 5.69 Å². The van der Waals surface area contributed by atoms with Gasteiger partial charge in [0, 0.05) is 62.1 Å². The summed E-state index contributed by atoms with van der Waals surface area (Å²) >= 11 is 0. The molecule has 1 aromatic heterocycles. The van der Waals surface area contributed by atoms with Gasteiger partial charge in [-0.3, -0.25) is 9.69 Å². The number of fused-ring (bicyclic) bond motifs is 1. The van der Waals surface area contributed by atoms with E-state index in [-0.39, 0.29) is 5.43 Å². The van der Waals surface area contributed by atoms with E-state index >= 15 is 0 Å². The summed E-state index contributed by atoms with van der Waals surface area (Å²) in [4.78, 5) is 18.2. The number of benzene rings is 2. The monoisotopic (exact) mass is 405 g/mol. The third-order valence-electron chi connectivity index (χ3n) is 6.69. The van der Waals surface area contributed by atoms with E-state index < -0.39 is 0 Å². The largest absolute Gasteiger partial charge is 0.497 e. The van der Waals surface area contributed by atoms with Crippen LogP contribution >= 0.6 is 0 Å². The quantitative estimate of drug-likeness (QED) is 0.662. The first kappa shape index (κ1) is 20.5. The molecule has 2 aromatic carbocycles. The Kier molecular flexibility index (Phi) is 5.56. The highest BCUT2D eigenvalue weighted by Crippen LogP contribution is 2.25. The van der Waals surface area contributed by atoms with E-state index in [1.165, 1.54) is 16.8 Å². The van der Waals surface area contributed by atoms with Crippen molar-refractivity contribution in [1.82, 2.24) is 9.47 Å². The Hall–Kier alpha value is -2.79. The Labute approximate surface area is 178 Å². The van der Waals surface area contributed by atoms with Gasteiger partial charge in [-0.05, 0) is 56.2 Å². The fourth-order valence-electron chi connectivity index (χ4n) is 4.46. The van der Waals surface area contributed by atoms with Crippen LogP contribution in [-0.4, -0.2) is 42.8 Å². The molecule has 1 aliphatic rings. The molecular formula is C25H31N3O2. The molecule has 2 heterocycles. The van der Waals surface area contributed by atoms with Crippen LogP contribution in [0.3, 0.4) is 0 Å². The molecule has 1 saturated heterocycles. The average molecular weight is 406 g/mol. The van der Waals surface area contributed by atoms with Crippen molar-refractivity contribution < 1.29 is 4.74 Å². The zero-order valence-electron chi connectivity index (χ0n) is 18.7. The van der Waals surface area contributed by atoms with Crippen molar-refractivity contribution in [2.75, 3.05) is 38.2 Å². The predicted octanol–water partition coefficient (Wildman–Crippen LogP) is 3.79. The maximum absolute atomic E-state index is 13.3. The SMILES string of the molecule is COc1ccc2c(c1)c(=O)c(CN1CCN(c3cccc(C)c3C)CC1)c(C)n2C. The summed E-state index contributed by atoms with van der Waals surface area (Å²) in [5.41, 5.74) is 7.02. The van der Waals surface area contributed by atoms with Gasteiger partial charge in [0.2, 0.25) is 0 Å². The highest BCUT2D eigenvalue weighted by molar-refractivity contribution is 5.81. The summed E-state index contributed by atoms with van der Waals surface area (Å²) in [7, 11) is 3.67. The van der Waals surface area contributed by atoms with Crippen LogP contribution < -0.4 is 15.1 Å². The summed E-state index contributed by atoms with van der Waals surface area (Å²) in [6.45, 7) is 11.0. The number of nitrogens with zero attached hydrogens (tertiary/aromatic N) is 3. The number of pyridine rings is 1. The van der Waals surface area contributed by atoms with Gasteiger partial charge in [-0.1, -0.05) is 12.1 Å². The van der Waals surface area contributed by atoms with Crippen molar-refractivity contribution in [3.8, 4) is 5.75 Å². The second-order valence-corrected chi connectivity index (χ2v) is 8.32. The number of anilines is 1. The lowest BCUT2D eigenvalue weighted by molar-refractivity contribution is 0.248. The van der Waals surface area contributed by atoms with Gasteiger partial charge in [0.15, 0.2) is 5.43 Å². The lowest BCUT2D eigenvalue weighted by Gasteiger charge is -2.37. The van der Waals surface area contributed by atoms with E-state index in [4.69, 9.17) is 4.74 Å². The number of piperazine rings is 1. The molecule has 1 fully saturated rings. The molecule has 0 atom stereocenters. The molecule has 30 heavy (non-hydrogen) atoms. The molecule has 5 nitrogen and oxygen atoms in total. The molecule has 1 aliphatic heterocycles. The van der Waals surface area contributed by atoms with Gasteiger partial charge >= 0.3 is 0 Å². The van der Waals surface area contributed by atoms with E-state index in [0.29, 0.717) is 6.54 Å². The number of aryl methyl sites for hydroxylation is 2. The highest BCUT2D eigenvalue weighted by atomic mass is 16.5. The molecule has 0 N–H and O–H groups in total. The second kappa shape index (κ2) is 8.15. The van der Waals surface area contributed by atoms with Crippen LogP contribution in [0.25, 0.3) is 10.9 Å². The van der Waals surface area contributed by atoms with E-state index in [1.54, 1.807) is 7.11 Å². The zero-order chi connectivity index (χ0) is 21.4. The van der Waals surface area contributed by atoms with Gasteiger partial charge in [-0.15, -0.1) is 0 Å². The van der Waals surface area contributed by atoms with Crippen molar-refractivity contribution in [2.24, 2.45) is 7.05 Å². The van der Waals surface area contributed by atoms with Crippen LogP contribution in [0.1, 0.15) is 22.4 Å². The summed E-state index contributed by atoms with van der Waals surface area (Å²) in [5.74, 6) is 0.719. The minimum Gasteiger partial charge on any atom is -0.497 e. The normalized spacial score (nSPS) is 15.0. The van der Waals surface area contributed by atoms with E-state index in [1.807, 2.05) is 32.2 Å². The minimum absolute atomic E-state index is 0.122. The third kappa shape index (κ3) is 3.58. The van der Waals surface area contributed by atoms with Crippen LogP contribution in [-0.2, 0) is 13.6 Å². The van der Waals surface area contributed by atoms with Crippen LogP contribution in [0, 0.1) is 20.8 Å². The molecule has 0 radical (unpaired) electrons. The fraction of sp³-hybridized carbons (Fsp3) is 0.400. The molecular weight excluding hydrogens is 374 g/mol. The Morgan fingerprint density at radius 3 is 2.43 bits per heavy atom. The van der Waals surface area contributed by atoms with Crippen LogP contribution in [0.15, 0.2) is 41.2 Å². The zero-order valence-corrected chi connectivity index (χ0v) is 18.7. The van der Waals surface area contributed by atoms with E-state index in [2.05, 4.69) is 46.4 Å². The first-order chi connectivity index (χ1) is 14.4. The second-order valence-electron chi connectivity index (χ2n) is 8.32. The molecule has 0 saturated carbocycles. The van der Waals surface area contributed by atoms with Crippen molar-refractivity contribution in [3.05, 3.63) is 69.0 Å². The van der Waals surface area contributed by atoms with Crippen LogP contribution in [0.2, 0.25) is 0 Å². The molecule has 4 rings (SSSR count). The van der Waals surface area contributed by atoms with Crippen LogP contribution in [0.5, 0.6) is 5.75 Å². The molecule has 0 unspecified atom stereocenters. The number of hydrogen-bond acceptors (Lipinski definition) is 4. The lowest BCUT2D eigenvalue weighted by Crippen LogP contribution is -2.46. The smallest absolute Gasteiger partial charge is 0.194 e. The Morgan fingerprint density at radius 2 is 1.73 bits per heavy atom. The number of hydrogen-bond donors (Lipinski definition) is 0. The molecule has 5 heteroatoms. The van der Waals surface area contributed by atoms with Gasteiger partial charge in [0.25, 0.3) is 0 Å². The van der Waals surface area contributed by atoms with E-state index in [0.717, 1.165) is 54.1 Å². The lowest BCUT2D eigenvalue weighted by atomic mass is 10.1. The number of aromatic nitrogens is 1. The third-order valence-corrected chi connectivity index (χ3v) is 6.69. The Balaban J connectivity index is 1.57. The van der Waals surface area contributed by atoms with Crippen molar-refractivity contribution >= 4 is 16.6 Å². The van der Waals surface area contributed by atoms with Crippen molar-refractivity contribution in [1.29, 1.82) is 0 Å². The maximum atomic E-state index is 13.3.